The van der Waals surface area contributed by atoms with Gasteiger partial charge in [-0.05, 0) is 32.7 Å². The molecule has 1 heterocycles. The van der Waals surface area contributed by atoms with Gasteiger partial charge in [0.05, 0.1) is 6.04 Å². The first-order chi connectivity index (χ1) is 16.8. The molecule has 8 nitrogen and oxygen atoms in total. The average Bonchev–Trinajstić information content (AvgIpc) is 2.81. The van der Waals surface area contributed by atoms with Crippen LogP contribution in [0.5, 0.6) is 0 Å². The molecule has 0 aromatic heterocycles. The quantitative estimate of drug-likeness (QED) is 0.486. The molecule has 0 bridgehead atoms. The van der Waals surface area contributed by atoms with Crippen LogP contribution in [0.25, 0.3) is 0 Å². The molecule has 1 saturated heterocycles. The minimum Gasteiger partial charge on any atom is -0.431 e. The van der Waals surface area contributed by atoms with Crippen molar-refractivity contribution in [3.8, 4) is 0 Å². The molecule has 2 amide bonds. The van der Waals surface area contributed by atoms with Crippen LogP contribution < -0.4 is 0 Å². The standard InChI is InChI=1S/C28H43N3O5/c1-18(2)23(21(6)32)17-24(33)25(19(3)4)30(8)28(35)36-26(22-11-9-20(5)10-12-22)27(34)31-15-13-29(7)14-16-31/h9-12,18-19,23,25-26H,13-17H2,1-8H3/t23-,25-,26?/m0/s1. The summed E-state index contributed by atoms with van der Waals surface area (Å²) in [4.78, 5) is 57.3. The van der Waals surface area contributed by atoms with Crippen molar-refractivity contribution in [3.63, 3.8) is 0 Å². The third-order valence-electron chi connectivity index (χ3n) is 7.05. The summed E-state index contributed by atoms with van der Waals surface area (Å²) in [5.41, 5.74) is 1.62. The van der Waals surface area contributed by atoms with Gasteiger partial charge < -0.3 is 19.4 Å². The van der Waals surface area contributed by atoms with Crippen molar-refractivity contribution in [1.29, 1.82) is 0 Å². The van der Waals surface area contributed by atoms with E-state index in [0.717, 1.165) is 18.7 Å². The van der Waals surface area contributed by atoms with Crippen molar-refractivity contribution < 1.29 is 23.9 Å². The zero-order valence-corrected chi connectivity index (χ0v) is 23.1. The lowest BCUT2D eigenvalue weighted by Crippen LogP contribution is -2.50. The van der Waals surface area contributed by atoms with Crippen LogP contribution in [-0.2, 0) is 19.1 Å². The molecular formula is C28H43N3O5. The number of ether oxygens (including phenoxy) is 1. The van der Waals surface area contributed by atoms with E-state index in [1.807, 2.05) is 53.8 Å². The maximum absolute atomic E-state index is 13.5. The zero-order valence-electron chi connectivity index (χ0n) is 23.1. The SMILES string of the molecule is CC(=O)[C@@H](CC(=O)[C@H](C(C)C)N(C)C(=O)OC(C(=O)N1CCN(C)CC1)c1ccc(C)cc1)C(C)C. The van der Waals surface area contributed by atoms with Gasteiger partial charge in [-0.15, -0.1) is 0 Å². The molecule has 0 N–H and O–H groups in total. The summed E-state index contributed by atoms with van der Waals surface area (Å²) in [7, 11) is 3.53. The van der Waals surface area contributed by atoms with Gasteiger partial charge >= 0.3 is 6.09 Å². The first-order valence-corrected chi connectivity index (χ1v) is 12.8. The van der Waals surface area contributed by atoms with Crippen LogP contribution in [0.3, 0.4) is 0 Å². The molecule has 1 aromatic rings. The second-order valence-electron chi connectivity index (χ2n) is 10.7. The van der Waals surface area contributed by atoms with Crippen LogP contribution in [0.2, 0.25) is 0 Å². The largest absolute Gasteiger partial charge is 0.431 e. The van der Waals surface area contributed by atoms with Crippen LogP contribution in [-0.4, -0.2) is 84.6 Å². The summed E-state index contributed by atoms with van der Waals surface area (Å²) in [6.07, 6.45) is -1.78. The molecule has 1 fully saturated rings. The van der Waals surface area contributed by atoms with Crippen molar-refractivity contribution in [1.82, 2.24) is 14.7 Å². The number of piperazine rings is 1. The van der Waals surface area contributed by atoms with E-state index >= 15 is 0 Å². The minimum atomic E-state index is -1.10. The van der Waals surface area contributed by atoms with Crippen molar-refractivity contribution in [2.24, 2.45) is 17.8 Å². The lowest BCUT2D eigenvalue weighted by Gasteiger charge is -2.35. The van der Waals surface area contributed by atoms with Crippen molar-refractivity contribution in [2.45, 2.75) is 60.1 Å². The molecule has 0 saturated carbocycles. The van der Waals surface area contributed by atoms with E-state index in [2.05, 4.69) is 4.90 Å². The number of carbonyl (C=O) groups is 4. The van der Waals surface area contributed by atoms with Crippen molar-refractivity contribution in [2.75, 3.05) is 40.3 Å². The highest BCUT2D eigenvalue weighted by Gasteiger charge is 2.37. The fraction of sp³-hybridized carbons (Fsp3) is 0.643. The van der Waals surface area contributed by atoms with Gasteiger partial charge in [-0.25, -0.2) is 4.79 Å². The second kappa shape index (κ2) is 13.0. The second-order valence-corrected chi connectivity index (χ2v) is 10.7. The van der Waals surface area contributed by atoms with Crippen molar-refractivity contribution >= 4 is 23.6 Å². The maximum Gasteiger partial charge on any atom is 0.411 e. The van der Waals surface area contributed by atoms with Gasteiger partial charge in [-0.3, -0.25) is 14.4 Å². The van der Waals surface area contributed by atoms with Gasteiger partial charge in [-0.2, -0.15) is 0 Å². The summed E-state index contributed by atoms with van der Waals surface area (Å²) in [6, 6.07) is 6.59. The third kappa shape index (κ3) is 7.63. The van der Waals surface area contributed by atoms with E-state index in [9.17, 15) is 19.2 Å². The summed E-state index contributed by atoms with van der Waals surface area (Å²) >= 11 is 0. The predicted molar refractivity (Wildman–Crippen MR) is 139 cm³/mol. The van der Waals surface area contributed by atoms with Crippen LogP contribution >= 0.6 is 0 Å². The molecule has 1 aromatic carbocycles. The molecule has 0 spiro atoms. The summed E-state index contributed by atoms with van der Waals surface area (Å²) < 4.78 is 5.82. The van der Waals surface area contributed by atoms with Crippen molar-refractivity contribution in [3.05, 3.63) is 35.4 Å². The predicted octanol–water partition coefficient (Wildman–Crippen LogP) is 3.72. The molecule has 1 unspecified atom stereocenters. The Morgan fingerprint density at radius 3 is 1.97 bits per heavy atom. The van der Waals surface area contributed by atoms with Gasteiger partial charge in [0, 0.05) is 51.1 Å². The Kier molecular flexibility index (Phi) is 10.6. The third-order valence-corrected chi connectivity index (χ3v) is 7.05. The van der Waals surface area contributed by atoms with Gasteiger partial charge in [0.15, 0.2) is 5.78 Å². The molecule has 8 heteroatoms. The average molecular weight is 502 g/mol. The summed E-state index contributed by atoms with van der Waals surface area (Å²) in [5, 5.41) is 0. The lowest BCUT2D eigenvalue weighted by atomic mass is 9.84. The van der Waals surface area contributed by atoms with E-state index in [1.54, 1.807) is 17.0 Å². The van der Waals surface area contributed by atoms with Crippen LogP contribution in [0.4, 0.5) is 4.79 Å². The Balaban J connectivity index is 2.26. The number of ketones is 2. The molecule has 2 rings (SSSR count). The van der Waals surface area contributed by atoms with Gasteiger partial charge in [0.2, 0.25) is 6.10 Å². The molecule has 36 heavy (non-hydrogen) atoms. The maximum atomic E-state index is 13.5. The number of rotatable bonds is 10. The normalized spacial score (nSPS) is 17.0. The number of nitrogens with zero attached hydrogens (tertiary/aromatic N) is 3. The molecule has 3 atom stereocenters. The Hall–Kier alpha value is -2.74. The van der Waals surface area contributed by atoms with Gasteiger partial charge in [0.1, 0.15) is 5.78 Å². The van der Waals surface area contributed by atoms with E-state index < -0.39 is 24.2 Å². The number of Topliss-reactive ketones (excluding diaryl/α,β-unsaturated/α-hetero) is 2. The fourth-order valence-electron chi connectivity index (χ4n) is 4.71. The Morgan fingerprint density at radius 2 is 1.50 bits per heavy atom. The molecule has 1 aliphatic rings. The molecule has 1 aliphatic heterocycles. The molecular weight excluding hydrogens is 458 g/mol. The van der Waals surface area contributed by atoms with E-state index in [0.29, 0.717) is 18.7 Å². The number of likely N-dealkylation sites (N-methyl/N-ethyl adjacent to an activating group) is 2. The van der Waals surface area contributed by atoms with E-state index in [-0.39, 0.29) is 35.7 Å². The highest BCUT2D eigenvalue weighted by atomic mass is 16.6. The monoisotopic (exact) mass is 501 g/mol. The van der Waals surface area contributed by atoms with E-state index in [4.69, 9.17) is 4.74 Å². The lowest BCUT2D eigenvalue weighted by molar-refractivity contribution is -0.143. The number of hydrogen-bond acceptors (Lipinski definition) is 6. The number of carbonyl (C=O) groups excluding carboxylic acids is 4. The minimum absolute atomic E-state index is 0.0173. The van der Waals surface area contributed by atoms with E-state index in [1.165, 1.54) is 18.9 Å². The van der Waals surface area contributed by atoms with Crippen LogP contribution in [0.1, 0.15) is 58.3 Å². The molecule has 0 aliphatic carbocycles. The zero-order chi connectivity index (χ0) is 27.2. The molecule has 200 valence electrons. The summed E-state index contributed by atoms with van der Waals surface area (Å²) in [5.74, 6) is -1.07. The van der Waals surface area contributed by atoms with Gasteiger partial charge in [0.25, 0.3) is 5.91 Å². The fourth-order valence-corrected chi connectivity index (χ4v) is 4.71. The topological polar surface area (TPSA) is 87.2 Å². The van der Waals surface area contributed by atoms with Crippen LogP contribution in [0, 0.1) is 24.7 Å². The number of aryl methyl sites for hydroxylation is 1. The smallest absolute Gasteiger partial charge is 0.411 e. The Morgan fingerprint density at radius 1 is 0.944 bits per heavy atom. The number of benzene rings is 1. The van der Waals surface area contributed by atoms with Gasteiger partial charge in [-0.1, -0.05) is 57.5 Å². The highest BCUT2D eigenvalue weighted by Crippen LogP contribution is 2.26. The first-order valence-electron chi connectivity index (χ1n) is 12.8. The summed E-state index contributed by atoms with van der Waals surface area (Å²) in [6.45, 7) is 13.6. The number of hydrogen-bond donors (Lipinski definition) is 0. The number of amides is 2. The first kappa shape index (κ1) is 29.5. The highest BCUT2D eigenvalue weighted by molar-refractivity contribution is 5.92. The molecule has 0 radical (unpaired) electrons. The Bertz CT molecular complexity index is 920. The Labute approximate surface area is 215 Å². The van der Waals surface area contributed by atoms with Crippen LogP contribution in [0.15, 0.2) is 24.3 Å².